The van der Waals surface area contributed by atoms with E-state index in [9.17, 15) is 0 Å². The Morgan fingerprint density at radius 2 is 2.10 bits per heavy atom. The third kappa shape index (κ3) is 4.05. The van der Waals surface area contributed by atoms with E-state index in [1.165, 1.54) is 19.3 Å². The lowest BCUT2D eigenvalue weighted by Gasteiger charge is -2.31. The van der Waals surface area contributed by atoms with Crippen molar-refractivity contribution in [3.8, 4) is 0 Å². The summed E-state index contributed by atoms with van der Waals surface area (Å²) < 4.78 is 5.31. The maximum Gasteiger partial charge on any atom is 0.226 e. The van der Waals surface area contributed by atoms with Crippen LogP contribution in [0.1, 0.15) is 65.1 Å². The second-order valence-corrected chi connectivity index (χ2v) is 6.61. The molecule has 2 atom stereocenters. The van der Waals surface area contributed by atoms with Crippen molar-refractivity contribution in [3.05, 3.63) is 11.7 Å². The van der Waals surface area contributed by atoms with Crippen LogP contribution < -0.4 is 0 Å². The highest BCUT2D eigenvalue weighted by Crippen LogP contribution is 2.26. The molecule has 20 heavy (non-hydrogen) atoms. The number of likely N-dealkylation sites (tertiary alicyclic amines) is 1. The molecule has 4 heteroatoms. The normalized spacial score (nSPS) is 25.1. The minimum atomic E-state index is 0.646. The monoisotopic (exact) mass is 279 g/mol. The van der Waals surface area contributed by atoms with Gasteiger partial charge in [0.25, 0.3) is 0 Å². The van der Waals surface area contributed by atoms with Crippen LogP contribution in [0.5, 0.6) is 0 Å². The zero-order chi connectivity index (χ0) is 14.5. The zero-order valence-electron chi connectivity index (χ0n) is 13.4. The molecule has 1 saturated heterocycles. The quantitative estimate of drug-likeness (QED) is 0.824. The second-order valence-electron chi connectivity index (χ2n) is 6.61. The molecule has 2 unspecified atom stereocenters. The number of aromatic nitrogens is 2. The number of rotatable bonds is 5. The van der Waals surface area contributed by atoms with Gasteiger partial charge in [0, 0.05) is 12.5 Å². The molecule has 2 rings (SSSR count). The summed E-state index contributed by atoms with van der Waals surface area (Å²) in [5.74, 6) is 3.16. The van der Waals surface area contributed by atoms with Crippen LogP contribution in [-0.2, 0) is 13.0 Å². The van der Waals surface area contributed by atoms with Crippen molar-refractivity contribution < 1.29 is 4.52 Å². The van der Waals surface area contributed by atoms with Gasteiger partial charge in [-0.25, -0.2) is 0 Å². The first-order valence-electron chi connectivity index (χ1n) is 8.15. The summed E-state index contributed by atoms with van der Waals surface area (Å²) >= 11 is 0. The Bertz CT molecular complexity index is 402. The van der Waals surface area contributed by atoms with Gasteiger partial charge in [-0.05, 0) is 44.1 Å². The van der Waals surface area contributed by atoms with Gasteiger partial charge in [0.2, 0.25) is 5.89 Å². The maximum absolute atomic E-state index is 5.31. The SMILES string of the molecule is CCCc1nc(CN2CCC(C)CCC2C(C)C)no1. The summed E-state index contributed by atoms with van der Waals surface area (Å²) in [5, 5.41) is 4.14. The van der Waals surface area contributed by atoms with Crippen LogP contribution in [0, 0.1) is 11.8 Å². The predicted molar refractivity (Wildman–Crippen MR) is 80.3 cm³/mol. The fourth-order valence-corrected chi connectivity index (χ4v) is 3.14. The standard InChI is InChI=1S/C16H29N3O/c1-5-6-16-17-15(18-20-16)11-19-10-9-13(4)7-8-14(19)12(2)3/h12-14H,5-11H2,1-4H3. The number of hydrogen-bond donors (Lipinski definition) is 0. The Morgan fingerprint density at radius 3 is 2.80 bits per heavy atom. The molecule has 0 bridgehead atoms. The molecule has 4 nitrogen and oxygen atoms in total. The first kappa shape index (κ1) is 15.5. The van der Waals surface area contributed by atoms with Crippen molar-refractivity contribution >= 4 is 0 Å². The fraction of sp³-hybridized carbons (Fsp3) is 0.875. The molecule has 0 amide bonds. The number of nitrogens with zero attached hydrogens (tertiary/aromatic N) is 3. The first-order chi connectivity index (χ1) is 9.60. The third-order valence-electron chi connectivity index (χ3n) is 4.42. The molecular formula is C16H29N3O. The summed E-state index contributed by atoms with van der Waals surface area (Å²) in [6, 6.07) is 0.646. The van der Waals surface area contributed by atoms with E-state index >= 15 is 0 Å². The lowest BCUT2D eigenvalue weighted by molar-refractivity contribution is 0.144. The summed E-state index contributed by atoms with van der Waals surface area (Å²) in [6.07, 6.45) is 5.85. The Morgan fingerprint density at radius 1 is 1.30 bits per heavy atom. The topological polar surface area (TPSA) is 42.2 Å². The van der Waals surface area contributed by atoms with Crippen LogP contribution >= 0.6 is 0 Å². The van der Waals surface area contributed by atoms with Crippen molar-refractivity contribution in [1.82, 2.24) is 15.0 Å². The van der Waals surface area contributed by atoms with Gasteiger partial charge in [-0.3, -0.25) is 4.90 Å². The maximum atomic E-state index is 5.31. The zero-order valence-corrected chi connectivity index (χ0v) is 13.4. The van der Waals surface area contributed by atoms with Gasteiger partial charge >= 0.3 is 0 Å². The van der Waals surface area contributed by atoms with Gasteiger partial charge in [-0.2, -0.15) is 4.98 Å². The van der Waals surface area contributed by atoms with Gasteiger partial charge in [0.15, 0.2) is 5.82 Å². The largest absolute Gasteiger partial charge is 0.339 e. The molecule has 0 radical (unpaired) electrons. The Kier molecular flexibility index (Phi) is 5.58. The van der Waals surface area contributed by atoms with E-state index in [0.29, 0.717) is 12.0 Å². The fourth-order valence-electron chi connectivity index (χ4n) is 3.14. The highest BCUT2D eigenvalue weighted by atomic mass is 16.5. The van der Waals surface area contributed by atoms with E-state index in [-0.39, 0.29) is 0 Å². The number of hydrogen-bond acceptors (Lipinski definition) is 4. The van der Waals surface area contributed by atoms with Crippen molar-refractivity contribution in [2.75, 3.05) is 6.54 Å². The van der Waals surface area contributed by atoms with E-state index < -0.39 is 0 Å². The third-order valence-corrected chi connectivity index (χ3v) is 4.42. The lowest BCUT2D eigenvalue weighted by Crippen LogP contribution is -2.38. The molecule has 1 fully saturated rings. The summed E-state index contributed by atoms with van der Waals surface area (Å²) in [6.45, 7) is 11.1. The smallest absolute Gasteiger partial charge is 0.226 e. The van der Waals surface area contributed by atoms with Crippen molar-refractivity contribution in [3.63, 3.8) is 0 Å². The van der Waals surface area contributed by atoms with Crippen LogP contribution in [0.2, 0.25) is 0 Å². The molecule has 1 aromatic heterocycles. The highest BCUT2D eigenvalue weighted by Gasteiger charge is 2.27. The van der Waals surface area contributed by atoms with Crippen molar-refractivity contribution in [1.29, 1.82) is 0 Å². The molecule has 0 aliphatic carbocycles. The molecular weight excluding hydrogens is 250 g/mol. The van der Waals surface area contributed by atoms with E-state index in [2.05, 4.69) is 42.7 Å². The molecule has 2 heterocycles. The van der Waals surface area contributed by atoms with Crippen molar-refractivity contribution in [2.45, 2.75) is 72.4 Å². The van der Waals surface area contributed by atoms with E-state index in [1.807, 2.05) is 0 Å². The molecule has 0 saturated carbocycles. The van der Waals surface area contributed by atoms with Crippen LogP contribution in [-0.4, -0.2) is 27.6 Å². The van der Waals surface area contributed by atoms with Gasteiger partial charge in [-0.1, -0.05) is 32.9 Å². The molecule has 1 aromatic rings. The Balaban J connectivity index is 2.02. The minimum absolute atomic E-state index is 0.646. The van der Waals surface area contributed by atoms with Crippen LogP contribution in [0.15, 0.2) is 4.52 Å². The average Bonchev–Trinajstić information content (AvgIpc) is 2.74. The molecule has 1 aliphatic rings. The average molecular weight is 279 g/mol. The molecule has 0 N–H and O–H groups in total. The molecule has 0 aromatic carbocycles. The second kappa shape index (κ2) is 7.21. The Hall–Kier alpha value is -0.900. The first-order valence-corrected chi connectivity index (χ1v) is 8.15. The van der Waals surface area contributed by atoms with E-state index in [4.69, 9.17) is 4.52 Å². The molecule has 1 aliphatic heterocycles. The Labute approximate surface area is 122 Å². The van der Waals surface area contributed by atoms with Crippen LogP contribution in [0.25, 0.3) is 0 Å². The van der Waals surface area contributed by atoms with E-state index in [1.54, 1.807) is 0 Å². The minimum Gasteiger partial charge on any atom is -0.339 e. The molecule has 0 spiro atoms. The lowest BCUT2D eigenvalue weighted by atomic mass is 9.95. The summed E-state index contributed by atoms with van der Waals surface area (Å²) in [4.78, 5) is 7.08. The van der Waals surface area contributed by atoms with Crippen molar-refractivity contribution in [2.24, 2.45) is 11.8 Å². The predicted octanol–water partition coefficient (Wildman–Crippen LogP) is 3.67. The van der Waals surface area contributed by atoms with Gasteiger partial charge in [-0.15, -0.1) is 0 Å². The van der Waals surface area contributed by atoms with E-state index in [0.717, 1.165) is 43.6 Å². The summed E-state index contributed by atoms with van der Waals surface area (Å²) in [5.41, 5.74) is 0. The number of aryl methyl sites for hydroxylation is 1. The van der Waals surface area contributed by atoms with Gasteiger partial charge in [0.1, 0.15) is 0 Å². The van der Waals surface area contributed by atoms with Crippen LogP contribution in [0.3, 0.4) is 0 Å². The van der Waals surface area contributed by atoms with Gasteiger partial charge in [0.05, 0.1) is 6.54 Å². The van der Waals surface area contributed by atoms with Gasteiger partial charge < -0.3 is 4.52 Å². The summed E-state index contributed by atoms with van der Waals surface area (Å²) in [7, 11) is 0. The van der Waals surface area contributed by atoms with Crippen LogP contribution in [0.4, 0.5) is 0 Å². The highest BCUT2D eigenvalue weighted by molar-refractivity contribution is 4.89. The molecule has 114 valence electrons.